The van der Waals surface area contributed by atoms with E-state index in [2.05, 4.69) is 5.32 Å². The quantitative estimate of drug-likeness (QED) is 0.435. The lowest BCUT2D eigenvalue weighted by Crippen LogP contribution is -2.45. The molecule has 0 heterocycles. The maximum absolute atomic E-state index is 11.3. The van der Waals surface area contributed by atoms with Gasteiger partial charge in [-0.1, -0.05) is 6.07 Å². The Labute approximate surface area is 136 Å². The van der Waals surface area contributed by atoms with Crippen molar-refractivity contribution in [2.75, 3.05) is 5.32 Å². The van der Waals surface area contributed by atoms with Gasteiger partial charge < -0.3 is 25.7 Å². The molecule has 0 saturated heterocycles. The van der Waals surface area contributed by atoms with E-state index >= 15 is 0 Å². The molecule has 0 aliphatic heterocycles. The van der Waals surface area contributed by atoms with E-state index < -0.39 is 42.3 Å². The molecule has 24 heavy (non-hydrogen) atoms. The minimum atomic E-state index is -1.80. The Morgan fingerprint density at radius 2 is 1.46 bits per heavy atom. The molecule has 0 bridgehead atoms. The van der Waals surface area contributed by atoms with Gasteiger partial charge in [0.15, 0.2) is 0 Å². The predicted octanol–water partition coefficient (Wildman–Crippen LogP) is 0.671. The van der Waals surface area contributed by atoms with Gasteiger partial charge in [-0.15, -0.1) is 0 Å². The number of nitrogens with one attached hydrogen (secondary N) is 1. The summed E-state index contributed by atoms with van der Waals surface area (Å²) in [5, 5.41) is 38.4. The van der Waals surface area contributed by atoms with Crippen molar-refractivity contribution in [2.45, 2.75) is 31.7 Å². The monoisotopic (exact) mass is 339 g/mol. The average Bonchev–Trinajstić information content (AvgIpc) is 2.39. The van der Waals surface area contributed by atoms with Crippen LogP contribution in [-0.2, 0) is 32.0 Å². The molecule has 0 aliphatic carbocycles. The zero-order chi connectivity index (χ0) is 18.5. The molecule has 0 unspecified atom stereocenters. The van der Waals surface area contributed by atoms with E-state index in [1.54, 1.807) is 0 Å². The van der Waals surface area contributed by atoms with Crippen molar-refractivity contribution in [3.8, 4) is 0 Å². The normalized spacial score (nSPS) is 12.9. The Balaban J connectivity index is 3.19. The molecule has 9 heteroatoms. The molecule has 0 saturated carbocycles. The van der Waals surface area contributed by atoms with Crippen LogP contribution in [0.3, 0.4) is 0 Å². The average molecular weight is 339 g/mol. The molecule has 1 atom stereocenters. The fourth-order valence-corrected chi connectivity index (χ4v) is 2.16. The molecule has 0 aromatic heterocycles. The first-order valence-electron chi connectivity index (χ1n) is 6.82. The van der Waals surface area contributed by atoms with Gasteiger partial charge in [0.25, 0.3) is 0 Å². The summed E-state index contributed by atoms with van der Waals surface area (Å²) in [6.07, 6.45) is -1.53. The lowest BCUT2D eigenvalue weighted by Gasteiger charge is -2.26. The molecular formula is C15H17NO8. The summed E-state index contributed by atoms with van der Waals surface area (Å²) >= 11 is 0. The molecule has 1 aromatic carbocycles. The van der Waals surface area contributed by atoms with E-state index in [4.69, 9.17) is 15.3 Å². The number of anilines is 1. The third-order valence-corrected chi connectivity index (χ3v) is 3.29. The number of carboxylic acid groups (broad SMARTS) is 4. The van der Waals surface area contributed by atoms with Gasteiger partial charge in [0, 0.05) is 5.69 Å². The highest BCUT2D eigenvalue weighted by atomic mass is 16.4. The predicted molar refractivity (Wildman–Crippen MR) is 81.0 cm³/mol. The van der Waals surface area contributed by atoms with Crippen LogP contribution in [0.5, 0.6) is 0 Å². The molecule has 130 valence electrons. The number of hydrogen-bond donors (Lipinski definition) is 5. The third kappa shape index (κ3) is 5.27. The van der Waals surface area contributed by atoms with E-state index in [0.717, 1.165) is 0 Å². The number of benzene rings is 1. The highest BCUT2D eigenvalue weighted by Crippen LogP contribution is 2.23. The molecule has 0 fully saturated rings. The van der Waals surface area contributed by atoms with Crippen LogP contribution in [0.2, 0.25) is 0 Å². The zero-order valence-corrected chi connectivity index (χ0v) is 12.8. The lowest BCUT2D eigenvalue weighted by molar-refractivity contribution is -0.148. The minimum absolute atomic E-state index is 0.187. The first-order chi connectivity index (χ1) is 11.0. The SMILES string of the molecule is C[C@@](CC(=O)O)(Nc1ccc(CC(=O)O)c(CC(=O)O)c1)C(=O)O. The van der Waals surface area contributed by atoms with E-state index in [9.17, 15) is 24.3 Å². The molecule has 0 radical (unpaired) electrons. The van der Waals surface area contributed by atoms with Gasteiger partial charge in [-0.3, -0.25) is 14.4 Å². The van der Waals surface area contributed by atoms with E-state index in [0.29, 0.717) is 0 Å². The van der Waals surface area contributed by atoms with Crippen LogP contribution in [0.15, 0.2) is 18.2 Å². The minimum Gasteiger partial charge on any atom is -0.481 e. The lowest BCUT2D eigenvalue weighted by atomic mass is 9.96. The summed E-state index contributed by atoms with van der Waals surface area (Å²) in [5.41, 5.74) is -1.13. The van der Waals surface area contributed by atoms with Crippen molar-refractivity contribution in [1.29, 1.82) is 0 Å². The first-order valence-corrected chi connectivity index (χ1v) is 6.82. The Morgan fingerprint density at radius 1 is 0.917 bits per heavy atom. The first kappa shape index (κ1) is 18.9. The van der Waals surface area contributed by atoms with Gasteiger partial charge >= 0.3 is 23.9 Å². The van der Waals surface area contributed by atoms with Gasteiger partial charge in [0.05, 0.1) is 19.3 Å². The topological polar surface area (TPSA) is 161 Å². The molecule has 5 N–H and O–H groups in total. The van der Waals surface area contributed by atoms with Crippen molar-refractivity contribution in [3.63, 3.8) is 0 Å². The molecule has 0 aliphatic rings. The van der Waals surface area contributed by atoms with E-state index in [1.807, 2.05) is 0 Å². The molecule has 0 amide bonds. The Morgan fingerprint density at radius 3 is 1.92 bits per heavy atom. The highest BCUT2D eigenvalue weighted by Gasteiger charge is 2.35. The van der Waals surface area contributed by atoms with Crippen molar-refractivity contribution in [1.82, 2.24) is 0 Å². The van der Waals surface area contributed by atoms with Crippen LogP contribution in [0.4, 0.5) is 5.69 Å². The van der Waals surface area contributed by atoms with E-state index in [-0.39, 0.29) is 23.2 Å². The van der Waals surface area contributed by atoms with Crippen LogP contribution in [0.1, 0.15) is 24.5 Å². The molecule has 9 nitrogen and oxygen atoms in total. The Kier molecular flexibility index (Phi) is 5.88. The van der Waals surface area contributed by atoms with Gasteiger partial charge in [-0.25, -0.2) is 4.79 Å². The largest absolute Gasteiger partial charge is 0.481 e. The molecule has 0 spiro atoms. The number of hydrogen-bond acceptors (Lipinski definition) is 5. The van der Waals surface area contributed by atoms with Crippen molar-refractivity contribution in [2.24, 2.45) is 0 Å². The second-order valence-electron chi connectivity index (χ2n) is 5.46. The molecule has 1 aromatic rings. The summed E-state index contributed by atoms with van der Waals surface area (Å²) in [4.78, 5) is 43.9. The van der Waals surface area contributed by atoms with Crippen LogP contribution in [0.25, 0.3) is 0 Å². The van der Waals surface area contributed by atoms with Crippen molar-refractivity contribution >= 4 is 29.6 Å². The smallest absolute Gasteiger partial charge is 0.329 e. The zero-order valence-electron chi connectivity index (χ0n) is 12.8. The highest BCUT2D eigenvalue weighted by molar-refractivity contribution is 5.88. The van der Waals surface area contributed by atoms with Crippen molar-refractivity contribution < 1.29 is 39.6 Å². The van der Waals surface area contributed by atoms with Gasteiger partial charge in [0.2, 0.25) is 0 Å². The van der Waals surface area contributed by atoms with Gasteiger partial charge in [-0.05, 0) is 30.2 Å². The molecular weight excluding hydrogens is 322 g/mol. The van der Waals surface area contributed by atoms with E-state index in [1.165, 1.54) is 25.1 Å². The standard InChI is InChI=1S/C15H17NO8/c1-15(14(23)24,7-13(21)22)16-10-3-2-8(5-11(17)18)9(4-10)6-12(19)20/h2-4,16H,5-7H2,1H3,(H,17,18)(H,19,20)(H,21,22)(H,23,24)/t15-/m0/s1. The van der Waals surface area contributed by atoms with Crippen LogP contribution < -0.4 is 5.32 Å². The molecule has 1 rings (SSSR count). The maximum Gasteiger partial charge on any atom is 0.329 e. The van der Waals surface area contributed by atoms with Crippen LogP contribution >= 0.6 is 0 Å². The van der Waals surface area contributed by atoms with Gasteiger partial charge in [-0.2, -0.15) is 0 Å². The third-order valence-electron chi connectivity index (χ3n) is 3.29. The fraction of sp³-hybridized carbons (Fsp3) is 0.333. The number of carbonyl (C=O) groups is 4. The summed E-state index contributed by atoms with van der Waals surface area (Å²) in [6.45, 7) is 1.19. The summed E-state index contributed by atoms with van der Waals surface area (Å²) in [6, 6.07) is 4.07. The second kappa shape index (κ2) is 7.44. The Hall–Kier alpha value is -3.10. The summed E-state index contributed by atoms with van der Waals surface area (Å²) in [5.74, 6) is -5.02. The van der Waals surface area contributed by atoms with Crippen LogP contribution in [-0.4, -0.2) is 49.8 Å². The van der Waals surface area contributed by atoms with Crippen molar-refractivity contribution in [3.05, 3.63) is 29.3 Å². The summed E-state index contributed by atoms with van der Waals surface area (Å²) in [7, 11) is 0. The second-order valence-corrected chi connectivity index (χ2v) is 5.46. The van der Waals surface area contributed by atoms with Crippen LogP contribution in [0, 0.1) is 0 Å². The number of aliphatic carboxylic acids is 4. The number of carboxylic acids is 4. The number of rotatable bonds is 9. The fourth-order valence-electron chi connectivity index (χ4n) is 2.16. The summed E-state index contributed by atoms with van der Waals surface area (Å²) < 4.78 is 0. The maximum atomic E-state index is 11.3. The van der Waals surface area contributed by atoms with Gasteiger partial charge in [0.1, 0.15) is 5.54 Å². The Bertz CT molecular complexity index is 684.